The van der Waals surface area contributed by atoms with E-state index >= 15 is 0 Å². The van der Waals surface area contributed by atoms with Gasteiger partial charge in [-0.2, -0.15) is 0 Å². The Morgan fingerprint density at radius 1 is 1.09 bits per heavy atom. The summed E-state index contributed by atoms with van der Waals surface area (Å²) in [5.74, 6) is -0.274. The van der Waals surface area contributed by atoms with Crippen LogP contribution in [0.15, 0.2) is 70.9 Å². The molecule has 0 bridgehead atoms. The fourth-order valence-corrected chi connectivity index (χ4v) is 3.83. The van der Waals surface area contributed by atoms with Crippen molar-refractivity contribution in [1.82, 2.24) is 10.2 Å². The fraction of sp³-hybridized carbons (Fsp3) is 0.125. The molecule has 0 atom stereocenters. The minimum atomic E-state index is -0.775. The fourth-order valence-electron chi connectivity index (χ4n) is 3.13. The lowest BCUT2D eigenvalue weighted by Gasteiger charge is -2.25. The molecule has 32 heavy (non-hydrogen) atoms. The van der Waals surface area contributed by atoms with Crippen LogP contribution in [-0.4, -0.2) is 22.7 Å². The number of carbonyl (C=O) groups excluding carboxylic acids is 3. The highest BCUT2D eigenvalue weighted by Crippen LogP contribution is 2.25. The molecule has 1 aliphatic rings. The number of nitrogens with zero attached hydrogens (tertiary/aromatic N) is 1. The van der Waals surface area contributed by atoms with Crippen molar-refractivity contribution in [2.45, 2.75) is 20.1 Å². The number of halogens is 1. The second kappa shape index (κ2) is 9.39. The van der Waals surface area contributed by atoms with Crippen LogP contribution in [0.1, 0.15) is 22.5 Å². The molecule has 162 valence electrons. The van der Waals surface area contributed by atoms with Crippen LogP contribution in [0.25, 0.3) is 6.08 Å². The number of ether oxygens (including phenoxy) is 1. The Balaban J connectivity index is 1.50. The smallest absolute Gasteiger partial charge is 0.331 e. The second-order valence-corrected chi connectivity index (χ2v) is 8.41. The number of carbonyl (C=O) groups is 3. The van der Waals surface area contributed by atoms with Gasteiger partial charge in [-0.05, 0) is 71.0 Å². The predicted octanol–water partition coefficient (Wildman–Crippen LogP) is 4.43. The lowest BCUT2D eigenvalue weighted by atomic mass is 10.1. The second-order valence-electron chi connectivity index (χ2n) is 7.25. The molecule has 8 heteroatoms. The van der Waals surface area contributed by atoms with E-state index in [1.54, 1.807) is 24.3 Å². The molecule has 1 fully saturated rings. The number of rotatable bonds is 6. The lowest BCUT2D eigenvalue weighted by Crippen LogP contribution is -2.53. The number of hydrogen-bond donors (Lipinski definition) is 1. The highest BCUT2D eigenvalue weighted by molar-refractivity contribution is 14.1. The van der Waals surface area contributed by atoms with Gasteiger partial charge in [-0.1, -0.05) is 35.9 Å². The van der Waals surface area contributed by atoms with E-state index < -0.39 is 17.8 Å². The highest BCUT2D eigenvalue weighted by Gasteiger charge is 2.36. The molecule has 3 aromatic rings. The summed E-state index contributed by atoms with van der Waals surface area (Å²) in [6.07, 6.45) is 2.92. The van der Waals surface area contributed by atoms with E-state index in [2.05, 4.69) is 27.9 Å². The van der Waals surface area contributed by atoms with E-state index in [1.807, 2.05) is 37.3 Å². The summed E-state index contributed by atoms with van der Waals surface area (Å²) in [5, 5.41) is 2.20. The van der Waals surface area contributed by atoms with Gasteiger partial charge >= 0.3 is 6.03 Å². The highest BCUT2D eigenvalue weighted by atomic mass is 127. The lowest BCUT2D eigenvalue weighted by molar-refractivity contribution is -0.130. The van der Waals surface area contributed by atoms with Gasteiger partial charge in [0.15, 0.2) is 0 Å². The number of aryl methyl sites for hydroxylation is 1. The molecule has 7 nitrogen and oxygen atoms in total. The number of nitrogens with one attached hydrogen (secondary N) is 1. The molecule has 4 amide bonds. The van der Waals surface area contributed by atoms with E-state index in [1.165, 1.54) is 17.9 Å². The molecular formula is C24H19IN2O5. The molecule has 1 saturated heterocycles. The Morgan fingerprint density at radius 3 is 2.56 bits per heavy atom. The van der Waals surface area contributed by atoms with Crippen molar-refractivity contribution in [3.05, 3.63) is 92.5 Å². The van der Waals surface area contributed by atoms with Crippen molar-refractivity contribution in [2.75, 3.05) is 0 Å². The molecule has 0 radical (unpaired) electrons. The number of imide groups is 2. The van der Waals surface area contributed by atoms with Crippen LogP contribution in [0.2, 0.25) is 0 Å². The number of furan rings is 1. The van der Waals surface area contributed by atoms with Crippen molar-refractivity contribution in [1.29, 1.82) is 0 Å². The largest absolute Gasteiger partial charge is 0.488 e. The molecular weight excluding hydrogens is 523 g/mol. The zero-order valence-electron chi connectivity index (χ0n) is 17.1. The molecule has 4 rings (SSSR count). The van der Waals surface area contributed by atoms with Gasteiger partial charge in [0.2, 0.25) is 0 Å². The first-order chi connectivity index (χ1) is 15.4. The van der Waals surface area contributed by atoms with Gasteiger partial charge in [0.05, 0.1) is 16.4 Å². The molecule has 1 aromatic heterocycles. The van der Waals surface area contributed by atoms with Crippen LogP contribution in [0, 0.1) is 10.5 Å². The van der Waals surface area contributed by atoms with Gasteiger partial charge in [-0.3, -0.25) is 19.8 Å². The van der Waals surface area contributed by atoms with Gasteiger partial charge in [0.25, 0.3) is 11.8 Å². The Kier molecular flexibility index (Phi) is 6.40. The predicted molar refractivity (Wildman–Crippen MR) is 125 cm³/mol. The molecule has 0 saturated carbocycles. The van der Waals surface area contributed by atoms with E-state index in [4.69, 9.17) is 9.15 Å². The Hall–Kier alpha value is -3.40. The van der Waals surface area contributed by atoms with Crippen molar-refractivity contribution < 1.29 is 23.5 Å². The number of hydrogen-bond acceptors (Lipinski definition) is 5. The molecule has 1 N–H and O–H groups in total. The zero-order chi connectivity index (χ0) is 22.7. The van der Waals surface area contributed by atoms with Crippen LogP contribution in [0.3, 0.4) is 0 Å². The van der Waals surface area contributed by atoms with Gasteiger partial charge in [-0.25, -0.2) is 4.79 Å². The minimum absolute atomic E-state index is 0.0639. The molecule has 2 aromatic carbocycles. The molecule has 0 spiro atoms. The monoisotopic (exact) mass is 542 g/mol. The number of benzene rings is 2. The maximum absolute atomic E-state index is 12.8. The maximum atomic E-state index is 12.8. The van der Waals surface area contributed by atoms with Crippen LogP contribution >= 0.6 is 22.6 Å². The summed E-state index contributed by atoms with van der Waals surface area (Å²) in [6.45, 7) is 2.40. The van der Waals surface area contributed by atoms with E-state index in [9.17, 15) is 14.4 Å². The Labute approximate surface area is 198 Å². The third-order valence-corrected chi connectivity index (χ3v) is 5.70. The third-order valence-electron chi connectivity index (χ3n) is 4.86. The SMILES string of the molecule is Cc1ccc(COc2ccc(/C=C3\C(=O)NC(=O)N(Cc4ccco4)C3=O)cc2I)cc1. The summed E-state index contributed by atoms with van der Waals surface area (Å²) in [7, 11) is 0. The standard InChI is InChI=1S/C24H19IN2O5/c1-15-4-6-16(7-5-15)14-32-21-9-8-17(12-20(21)25)11-19-22(28)26-24(30)27(23(19)29)13-18-3-2-10-31-18/h2-12H,13-14H2,1H3,(H,26,28,30)/b19-11+. The van der Waals surface area contributed by atoms with Gasteiger partial charge < -0.3 is 9.15 Å². The summed E-state index contributed by atoms with van der Waals surface area (Å²) in [5.41, 5.74) is 2.76. The summed E-state index contributed by atoms with van der Waals surface area (Å²) in [4.78, 5) is 38.2. The summed E-state index contributed by atoms with van der Waals surface area (Å²) < 4.78 is 11.9. The first-order valence-corrected chi connectivity index (χ1v) is 10.9. The Morgan fingerprint density at radius 2 is 1.88 bits per heavy atom. The normalized spacial score (nSPS) is 15.2. The van der Waals surface area contributed by atoms with E-state index in [0.29, 0.717) is 23.7 Å². The summed E-state index contributed by atoms with van der Waals surface area (Å²) in [6, 6.07) is 16.0. The van der Waals surface area contributed by atoms with E-state index in [-0.39, 0.29) is 12.1 Å². The first kappa shape index (κ1) is 21.8. The first-order valence-electron chi connectivity index (χ1n) is 9.80. The average molecular weight is 542 g/mol. The molecule has 0 unspecified atom stereocenters. The van der Waals surface area contributed by atoms with Crippen LogP contribution < -0.4 is 10.1 Å². The number of urea groups is 1. The van der Waals surface area contributed by atoms with Crippen molar-refractivity contribution >= 4 is 46.5 Å². The van der Waals surface area contributed by atoms with Crippen LogP contribution in [0.4, 0.5) is 4.79 Å². The van der Waals surface area contributed by atoms with Crippen molar-refractivity contribution in [2.24, 2.45) is 0 Å². The van der Waals surface area contributed by atoms with Crippen LogP contribution in [-0.2, 0) is 22.7 Å². The minimum Gasteiger partial charge on any atom is -0.488 e. The van der Waals surface area contributed by atoms with Gasteiger partial charge in [0.1, 0.15) is 23.7 Å². The topological polar surface area (TPSA) is 88.8 Å². The Bertz CT molecular complexity index is 1200. The number of barbiturate groups is 1. The van der Waals surface area contributed by atoms with E-state index in [0.717, 1.165) is 14.0 Å². The maximum Gasteiger partial charge on any atom is 0.331 e. The van der Waals surface area contributed by atoms with Crippen molar-refractivity contribution in [3.8, 4) is 5.75 Å². The molecule has 1 aliphatic heterocycles. The van der Waals surface area contributed by atoms with Gasteiger partial charge in [0, 0.05) is 0 Å². The molecule has 0 aliphatic carbocycles. The molecule has 2 heterocycles. The average Bonchev–Trinajstić information content (AvgIpc) is 3.28. The zero-order valence-corrected chi connectivity index (χ0v) is 19.3. The quantitative estimate of drug-likeness (QED) is 0.283. The van der Waals surface area contributed by atoms with Gasteiger partial charge in [-0.15, -0.1) is 0 Å². The van der Waals surface area contributed by atoms with Crippen molar-refractivity contribution in [3.63, 3.8) is 0 Å². The summed E-state index contributed by atoms with van der Waals surface area (Å²) >= 11 is 2.14. The van der Waals surface area contributed by atoms with Crippen LogP contribution in [0.5, 0.6) is 5.75 Å². The third kappa shape index (κ3) is 4.91. The number of amides is 4.